The molecule has 1 aliphatic heterocycles. The van der Waals surface area contributed by atoms with E-state index in [1.165, 1.54) is 0 Å². The van der Waals surface area contributed by atoms with Crippen molar-refractivity contribution in [2.24, 2.45) is 0 Å². The molecule has 0 radical (unpaired) electrons. The van der Waals surface area contributed by atoms with Gasteiger partial charge in [0.05, 0.1) is 13.1 Å². The third-order valence-corrected chi connectivity index (χ3v) is 3.23. The number of para-hydroxylation sites is 2. The SMILES string of the molecule is C#CCNC(=O)CN(CC)CC1COc2ccccc2O1. The molecule has 0 fully saturated rings. The molecule has 0 aliphatic carbocycles. The van der Waals surface area contributed by atoms with Crippen molar-refractivity contribution in [3.8, 4) is 23.8 Å². The molecule has 1 atom stereocenters. The summed E-state index contributed by atoms with van der Waals surface area (Å²) in [6, 6.07) is 7.60. The number of hydrogen-bond donors (Lipinski definition) is 1. The molecule has 0 aromatic heterocycles. The second kappa shape index (κ2) is 7.55. The Hall–Kier alpha value is -2.19. The monoisotopic (exact) mass is 288 g/mol. The number of carbonyl (C=O) groups excluding carboxylic acids is 1. The Bertz CT molecular complexity index is 524. The van der Waals surface area contributed by atoms with Crippen LogP contribution in [0.25, 0.3) is 0 Å². The molecule has 2 rings (SSSR count). The van der Waals surface area contributed by atoms with Gasteiger partial charge in [0.15, 0.2) is 11.5 Å². The van der Waals surface area contributed by atoms with E-state index in [0.29, 0.717) is 19.7 Å². The van der Waals surface area contributed by atoms with Crippen LogP contribution in [0.5, 0.6) is 11.5 Å². The fourth-order valence-electron chi connectivity index (χ4n) is 2.16. The average Bonchev–Trinajstić information content (AvgIpc) is 2.52. The second-order valence-corrected chi connectivity index (χ2v) is 4.81. The standard InChI is InChI=1S/C16H20N2O3/c1-3-9-17-16(19)11-18(4-2)10-13-12-20-14-7-5-6-8-15(14)21-13/h1,5-8,13H,4,9-12H2,2H3,(H,17,19). The predicted octanol–water partition coefficient (Wildman–Crippen LogP) is 0.898. The Balaban J connectivity index is 1.86. The van der Waals surface area contributed by atoms with Gasteiger partial charge in [0, 0.05) is 6.54 Å². The largest absolute Gasteiger partial charge is 0.486 e. The zero-order valence-electron chi connectivity index (χ0n) is 12.2. The van der Waals surface area contributed by atoms with Gasteiger partial charge in [0.2, 0.25) is 5.91 Å². The van der Waals surface area contributed by atoms with E-state index in [-0.39, 0.29) is 18.6 Å². The zero-order valence-corrected chi connectivity index (χ0v) is 12.2. The molecule has 0 spiro atoms. The first-order valence-electron chi connectivity index (χ1n) is 7.04. The summed E-state index contributed by atoms with van der Waals surface area (Å²) in [6.07, 6.45) is 5.04. The van der Waals surface area contributed by atoms with E-state index in [2.05, 4.69) is 11.2 Å². The maximum absolute atomic E-state index is 11.7. The van der Waals surface area contributed by atoms with Gasteiger partial charge in [-0.15, -0.1) is 6.42 Å². The highest BCUT2D eigenvalue weighted by molar-refractivity contribution is 5.78. The third kappa shape index (κ3) is 4.40. The molecule has 0 bridgehead atoms. The molecule has 5 heteroatoms. The van der Waals surface area contributed by atoms with Crippen LogP contribution in [0.15, 0.2) is 24.3 Å². The highest BCUT2D eigenvalue weighted by atomic mass is 16.6. The zero-order chi connectivity index (χ0) is 15.1. The van der Waals surface area contributed by atoms with Crippen LogP contribution in [0.1, 0.15) is 6.92 Å². The van der Waals surface area contributed by atoms with E-state index in [1.807, 2.05) is 36.1 Å². The predicted molar refractivity (Wildman–Crippen MR) is 80.3 cm³/mol. The molecule has 1 heterocycles. The topological polar surface area (TPSA) is 50.8 Å². The number of terminal acetylenes is 1. The minimum atomic E-state index is -0.0831. The summed E-state index contributed by atoms with van der Waals surface area (Å²) in [6.45, 7) is 4.44. The highest BCUT2D eigenvalue weighted by Gasteiger charge is 2.23. The fourth-order valence-corrected chi connectivity index (χ4v) is 2.16. The second-order valence-electron chi connectivity index (χ2n) is 4.81. The Kier molecular flexibility index (Phi) is 5.47. The molecule has 0 saturated carbocycles. The maximum Gasteiger partial charge on any atom is 0.234 e. The molecule has 1 aromatic rings. The minimum Gasteiger partial charge on any atom is -0.486 e. The van der Waals surface area contributed by atoms with Crippen LogP contribution < -0.4 is 14.8 Å². The van der Waals surface area contributed by atoms with Gasteiger partial charge in [-0.3, -0.25) is 9.69 Å². The van der Waals surface area contributed by atoms with Gasteiger partial charge >= 0.3 is 0 Å². The lowest BCUT2D eigenvalue weighted by atomic mass is 10.2. The summed E-state index contributed by atoms with van der Waals surface area (Å²) in [7, 11) is 0. The number of likely N-dealkylation sites (N-methyl/N-ethyl adjacent to an activating group) is 1. The van der Waals surface area contributed by atoms with Gasteiger partial charge in [-0.05, 0) is 18.7 Å². The minimum absolute atomic E-state index is 0.0769. The molecule has 1 unspecified atom stereocenters. The molecule has 21 heavy (non-hydrogen) atoms. The summed E-state index contributed by atoms with van der Waals surface area (Å²) >= 11 is 0. The number of fused-ring (bicyclic) bond motifs is 1. The lowest BCUT2D eigenvalue weighted by molar-refractivity contribution is -0.122. The van der Waals surface area contributed by atoms with Crippen LogP contribution in [0.2, 0.25) is 0 Å². The van der Waals surface area contributed by atoms with E-state index in [4.69, 9.17) is 15.9 Å². The van der Waals surface area contributed by atoms with E-state index in [1.54, 1.807) is 0 Å². The molecule has 1 amide bonds. The number of amides is 1. The van der Waals surface area contributed by atoms with Gasteiger partial charge in [0.25, 0.3) is 0 Å². The highest BCUT2D eigenvalue weighted by Crippen LogP contribution is 2.30. The van der Waals surface area contributed by atoms with Crippen LogP contribution in [-0.2, 0) is 4.79 Å². The number of benzene rings is 1. The Morgan fingerprint density at radius 2 is 2.24 bits per heavy atom. The van der Waals surface area contributed by atoms with Crippen molar-refractivity contribution in [3.63, 3.8) is 0 Å². The summed E-state index contributed by atoms with van der Waals surface area (Å²) in [5.41, 5.74) is 0. The first-order valence-corrected chi connectivity index (χ1v) is 7.04. The smallest absolute Gasteiger partial charge is 0.234 e. The molecular formula is C16H20N2O3. The number of nitrogens with zero attached hydrogens (tertiary/aromatic N) is 1. The van der Waals surface area contributed by atoms with Crippen molar-refractivity contribution in [2.45, 2.75) is 13.0 Å². The number of carbonyl (C=O) groups is 1. The normalized spacial score (nSPS) is 16.3. The van der Waals surface area contributed by atoms with Crippen molar-refractivity contribution in [1.29, 1.82) is 0 Å². The Morgan fingerprint density at radius 1 is 1.48 bits per heavy atom. The van der Waals surface area contributed by atoms with E-state index >= 15 is 0 Å². The van der Waals surface area contributed by atoms with Gasteiger partial charge in [0.1, 0.15) is 12.7 Å². The van der Waals surface area contributed by atoms with E-state index < -0.39 is 0 Å². The molecule has 1 N–H and O–H groups in total. The van der Waals surface area contributed by atoms with Crippen LogP contribution in [0.4, 0.5) is 0 Å². The fraction of sp³-hybridized carbons (Fsp3) is 0.438. The molecule has 5 nitrogen and oxygen atoms in total. The van der Waals surface area contributed by atoms with Crippen molar-refractivity contribution >= 4 is 5.91 Å². The summed E-state index contributed by atoms with van der Waals surface area (Å²) < 4.78 is 11.6. The van der Waals surface area contributed by atoms with E-state index in [0.717, 1.165) is 18.0 Å². The summed E-state index contributed by atoms with van der Waals surface area (Å²) in [5, 5.41) is 2.66. The number of hydrogen-bond acceptors (Lipinski definition) is 4. The average molecular weight is 288 g/mol. The van der Waals surface area contributed by atoms with Crippen molar-refractivity contribution in [2.75, 3.05) is 32.8 Å². The van der Waals surface area contributed by atoms with Gasteiger partial charge in [-0.2, -0.15) is 0 Å². The maximum atomic E-state index is 11.7. The third-order valence-electron chi connectivity index (χ3n) is 3.23. The number of nitrogens with one attached hydrogen (secondary N) is 1. The molecule has 0 saturated heterocycles. The lowest BCUT2D eigenvalue weighted by Gasteiger charge is -2.30. The first kappa shape index (κ1) is 15.2. The van der Waals surface area contributed by atoms with E-state index in [9.17, 15) is 4.79 Å². The van der Waals surface area contributed by atoms with Crippen LogP contribution in [0.3, 0.4) is 0 Å². The van der Waals surface area contributed by atoms with Crippen molar-refractivity contribution < 1.29 is 14.3 Å². The molecule has 112 valence electrons. The van der Waals surface area contributed by atoms with Gasteiger partial charge in [-0.1, -0.05) is 25.0 Å². The van der Waals surface area contributed by atoms with Gasteiger partial charge < -0.3 is 14.8 Å². The molecule has 1 aliphatic rings. The summed E-state index contributed by atoms with van der Waals surface area (Å²) in [4.78, 5) is 13.7. The van der Waals surface area contributed by atoms with Crippen LogP contribution in [-0.4, -0.2) is 49.7 Å². The van der Waals surface area contributed by atoms with Gasteiger partial charge in [-0.25, -0.2) is 0 Å². The van der Waals surface area contributed by atoms with Crippen LogP contribution >= 0.6 is 0 Å². The molecular weight excluding hydrogens is 268 g/mol. The Morgan fingerprint density at radius 3 is 2.95 bits per heavy atom. The quantitative estimate of drug-likeness (QED) is 0.790. The van der Waals surface area contributed by atoms with Crippen LogP contribution in [0, 0.1) is 12.3 Å². The number of rotatable bonds is 6. The van der Waals surface area contributed by atoms with Crippen molar-refractivity contribution in [3.05, 3.63) is 24.3 Å². The number of ether oxygens (including phenoxy) is 2. The Labute approximate surface area is 125 Å². The lowest BCUT2D eigenvalue weighted by Crippen LogP contribution is -2.45. The first-order chi connectivity index (χ1) is 10.2. The molecule has 1 aromatic carbocycles. The van der Waals surface area contributed by atoms with Crippen molar-refractivity contribution in [1.82, 2.24) is 10.2 Å². The summed E-state index contributed by atoms with van der Waals surface area (Å²) in [5.74, 6) is 3.83.